The number of sulfonamides is 1. The second kappa shape index (κ2) is 5.01. The van der Waals surface area contributed by atoms with E-state index in [0.717, 1.165) is 17.5 Å². The van der Waals surface area contributed by atoms with Crippen LogP contribution in [0.3, 0.4) is 0 Å². The van der Waals surface area contributed by atoms with Gasteiger partial charge in [-0.15, -0.1) is 11.3 Å². The average molecular weight is 288 g/mol. The molecular weight excluding hydrogens is 279 g/mol. The highest BCUT2D eigenvalue weighted by Crippen LogP contribution is 2.24. The van der Waals surface area contributed by atoms with Crippen LogP contribution in [0, 0.1) is 5.82 Å². The van der Waals surface area contributed by atoms with Gasteiger partial charge in [-0.2, -0.15) is 0 Å². The fourth-order valence-electron chi connectivity index (χ4n) is 1.34. The summed E-state index contributed by atoms with van der Waals surface area (Å²) in [5, 5.41) is 10.6. The zero-order valence-electron chi connectivity index (χ0n) is 9.00. The number of aliphatic hydroxyl groups is 1. The number of halogens is 1. The Balaban J connectivity index is 2.37. The lowest BCUT2D eigenvalue weighted by Gasteiger charge is -2.08. The minimum Gasteiger partial charge on any atom is -0.391 e. The van der Waals surface area contributed by atoms with E-state index in [1.807, 2.05) is 0 Å². The number of aromatic nitrogens is 1. The summed E-state index contributed by atoms with van der Waals surface area (Å²) in [5.41, 5.74) is -0.180. The van der Waals surface area contributed by atoms with E-state index in [0.29, 0.717) is 4.88 Å². The fourth-order valence-corrected chi connectivity index (χ4v) is 3.70. The first-order valence-corrected chi connectivity index (χ1v) is 7.20. The monoisotopic (exact) mass is 288 g/mol. The second-order valence-corrected chi connectivity index (χ2v) is 5.98. The molecule has 0 fully saturated rings. The van der Waals surface area contributed by atoms with Gasteiger partial charge in [-0.3, -0.25) is 9.71 Å². The largest absolute Gasteiger partial charge is 0.391 e. The smallest absolute Gasteiger partial charge is 0.263 e. The highest BCUT2D eigenvalue weighted by molar-refractivity contribution is 7.93. The van der Waals surface area contributed by atoms with Crippen molar-refractivity contribution in [2.75, 3.05) is 4.72 Å². The third-order valence-electron chi connectivity index (χ3n) is 2.15. The summed E-state index contributed by atoms with van der Waals surface area (Å²) < 4.78 is 39.4. The van der Waals surface area contributed by atoms with Crippen molar-refractivity contribution in [3.8, 4) is 0 Å². The fraction of sp³-hybridized carbons (Fsp3) is 0.100. The van der Waals surface area contributed by atoms with Gasteiger partial charge in [-0.25, -0.2) is 12.8 Å². The van der Waals surface area contributed by atoms with E-state index >= 15 is 0 Å². The Bertz CT molecular complexity index is 655. The van der Waals surface area contributed by atoms with Crippen molar-refractivity contribution >= 4 is 27.0 Å². The Kier molecular flexibility index (Phi) is 3.60. The molecule has 0 amide bonds. The Hall–Kier alpha value is -1.51. The van der Waals surface area contributed by atoms with E-state index in [9.17, 15) is 12.8 Å². The minimum absolute atomic E-state index is 0.0498. The standard InChI is InChI=1S/C10H9FN2O3S2/c11-7-5-12-3-1-8(7)13-18(15,16)10-2-4-17-9(10)6-14/h1-5,14H,6H2,(H,12,13). The van der Waals surface area contributed by atoms with Crippen LogP contribution in [0.5, 0.6) is 0 Å². The van der Waals surface area contributed by atoms with Gasteiger partial charge in [0.15, 0.2) is 5.82 Å². The van der Waals surface area contributed by atoms with Crippen molar-refractivity contribution in [3.63, 3.8) is 0 Å². The molecule has 2 rings (SSSR count). The zero-order chi connectivity index (χ0) is 13.2. The normalized spacial score (nSPS) is 11.4. The first-order valence-electron chi connectivity index (χ1n) is 4.84. The molecular formula is C10H9FN2O3S2. The van der Waals surface area contributed by atoms with Gasteiger partial charge in [-0.05, 0) is 17.5 Å². The Labute approximate surface area is 107 Å². The lowest BCUT2D eigenvalue weighted by atomic mass is 10.4. The van der Waals surface area contributed by atoms with Crippen LogP contribution < -0.4 is 4.72 Å². The van der Waals surface area contributed by atoms with Crippen LogP contribution in [-0.4, -0.2) is 18.5 Å². The predicted octanol–water partition coefficient (Wildman–Crippen LogP) is 1.58. The first-order chi connectivity index (χ1) is 8.54. The maximum Gasteiger partial charge on any atom is 0.263 e. The van der Waals surface area contributed by atoms with Crippen molar-refractivity contribution in [1.29, 1.82) is 0 Å². The van der Waals surface area contributed by atoms with Crippen LogP contribution in [0.25, 0.3) is 0 Å². The molecule has 0 aliphatic carbocycles. The molecule has 5 nitrogen and oxygen atoms in total. The molecule has 2 aromatic heterocycles. The Morgan fingerprint density at radius 1 is 1.44 bits per heavy atom. The van der Waals surface area contributed by atoms with Gasteiger partial charge in [0, 0.05) is 6.20 Å². The molecule has 0 saturated carbocycles. The molecule has 0 spiro atoms. The molecule has 2 aromatic rings. The van der Waals surface area contributed by atoms with Crippen LogP contribution in [0.2, 0.25) is 0 Å². The summed E-state index contributed by atoms with van der Waals surface area (Å²) in [5.74, 6) is -0.762. The average Bonchev–Trinajstić information content (AvgIpc) is 2.81. The lowest BCUT2D eigenvalue weighted by Crippen LogP contribution is -2.14. The molecule has 0 atom stereocenters. The molecule has 0 aliphatic heterocycles. The quantitative estimate of drug-likeness (QED) is 0.895. The van der Waals surface area contributed by atoms with Crippen LogP contribution in [-0.2, 0) is 16.6 Å². The molecule has 0 radical (unpaired) electrons. The molecule has 0 bridgehead atoms. The van der Waals surface area contributed by atoms with Crippen molar-refractivity contribution in [2.45, 2.75) is 11.5 Å². The number of pyridine rings is 1. The van der Waals surface area contributed by atoms with Gasteiger partial charge in [0.1, 0.15) is 4.90 Å². The van der Waals surface area contributed by atoms with Crippen LogP contribution in [0.1, 0.15) is 4.88 Å². The number of hydrogen-bond acceptors (Lipinski definition) is 5. The van der Waals surface area contributed by atoms with Crippen molar-refractivity contribution < 1.29 is 17.9 Å². The first kappa shape index (κ1) is 12.9. The van der Waals surface area contributed by atoms with E-state index in [4.69, 9.17) is 5.11 Å². The van der Waals surface area contributed by atoms with Crippen molar-refractivity contribution in [3.05, 3.63) is 40.6 Å². The Morgan fingerprint density at radius 3 is 2.89 bits per heavy atom. The summed E-state index contributed by atoms with van der Waals surface area (Å²) in [4.78, 5) is 3.78. The number of nitrogens with one attached hydrogen (secondary N) is 1. The zero-order valence-corrected chi connectivity index (χ0v) is 10.6. The maximum absolute atomic E-state index is 13.3. The number of hydrogen-bond donors (Lipinski definition) is 2. The van der Waals surface area contributed by atoms with E-state index in [-0.39, 0.29) is 17.2 Å². The topological polar surface area (TPSA) is 79.3 Å². The molecule has 2 N–H and O–H groups in total. The van der Waals surface area contributed by atoms with Crippen LogP contribution in [0.15, 0.2) is 34.8 Å². The molecule has 18 heavy (non-hydrogen) atoms. The number of anilines is 1. The molecule has 8 heteroatoms. The SMILES string of the molecule is O=S(=O)(Nc1ccncc1F)c1ccsc1CO. The third-order valence-corrected chi connectivity index (χ3v) is 4.64. The van der Waals surface area contributed by atoms with Gasteiger partial charge in [0.05, 0.1) is 23.4 Å². The second-order valence-electron chi connectivity index (χ2n) is 3.33. The molecule has 0 unspecified atom stereocenters. The van der Waals surface area contributed by atoms with Crippen LogP contribution >= 0.6 is 11.3 Å². The third kappa shape index (κ3) is 2.50. The molecule has 96 valence electrons. The molecule has 0 aromatic carbocycles. The van der Waals surface area contributed by atoms with Gasteiger partial charge >= 0.3 is 0 Å². The van der Waals surface area contributed by atoms with Crippen molar-refractivity contribution in [1.82, 2.24) is 4.98 Å². The van der Waals surface area contributed by atoms with Gasteiger partial charge in [0.2, 0.25) is 0 Å². The summed E-state index contributed by atoms with van der Waals surface area (Å²) in [6.07, 6.45) is 2.19. The maximum atomic E-state index is 13.3. The van der Waals surface area contributed by atoms with E-state index < -0.39 is 15.8 Å². The molecule has 0 aliphatic rings. The van der Waals surface area contributed by atoms with Gasteiger partial charge < -0.3 is 5.11 Å². The summed E-state index contributed by atoms with van der Waals surface area (Å²) in [7, 11) is -3.90. The highest BCUT2D eigenvalue weighted by atomic mass is 32.2. The lowest BCUT2D eigenvalue weighted by molar-refractivity contribution is 0.282. The summed E-state index contributed by atoms with van der Waals surface area (Å²) in [6, 6.07) is 2.58. The van der Waals surface area contributed by atoms with E-state index in [2.05, 4.69) is 9.71 Å². The van der Waals surface area contributed by atoms with Crippen molar-refractivity contribution in [2.24, 2.45) is 0 Å². The minimum atomic E-state index is -3.90. The van der Waals surface area contributed by atoms with E-state index in [1.54, 1.807) is 5.38 Å². The number of thiophene rings is 1. The van der Waals surface area contributed by atoms with E-state index in [1.165, 1.54) is 18.3 Å². The summed E-state index contributed by atoms with van der Waals surface area (Å²) >= 11 is 1.12. The van der Waals surface area contributed by atoms with Gasteiger partial charge in [0.25, 0.3) is 10.0 Å². The Morgan fingerprint density at radius 2 is 2.22 bits per heavy atom. The predicted molar refractivity (Wildman–Crippen MR) is 65.2 cm³/mol. The summed E-state index contributed by atoms with van der Waals surface area (Å²) in [6.45, 7) is -0.382. The highest BCUT2D eigenvalue weighted by Gasteiger charge is 2.20. The number of rotatable bonds is 4. The molecule has 2 heterocycles. The van der Waals surface area contributed by atoms with Gasteiger partial charge in [-0.1, -0.05) is 0 Å². The van der Waals surface area contributed by atoms with Crippen LogP contribution in [0.4, 0.5) is 10.1 Å². The number of aliphatic hydroxyl groups excluding tert-OH is 1. The molecule has 0 saturated heterocycles. The number of nitrogens with zero attached hydrogens (tertiary/aromatic N) is 1.